The lowest BCUT2D eigenvalue weighted by atomic mass is 10.1. The van der Waals surface area contributed by atoms with Crippen molar-refractivity contribution in [3.8, 4) is 0 Å². The molecule has 0 amide bonds. The van der Waals surface area contributed by atoms with Gasteiger partial charge in [0.2, 0.25) is 0 Å². The second-order valence-electron chi connectivity index (χ2n) is 4.26. The summed E-state index contributed by atoms with van der Waals surface area (Å²) in [7, 11) is 0. The molecule has 3 aromatic rings. The highest BCUT2D eigenvalue weighted by atomic mass is 32.1. The van der Waals surface area contributed by atoms with Crippen molar-refractivity contribution in [2.75, 3.05) is 11.9 Å². The number of fused-ring (bicyclic) bond motifs is 1. The highest BCUT2D eigenvalue weighted by Gasteiger charge is 2.08. The van der Waals surface area contributed by atoms with E-state index in [1.54, 1.807) is 17.7 Å². The van der Waals surface area contributed by atoms with E-state index in [1.165, 1.54) is 0 Å². The summed E-state index contributed by atoms with van der Waals surface area (Å²) in [4.78, 5) is 8.49. The smallest absolute Gasteiger partial charge is 0.147 e. The van der Waals surface area contributed by atoms with Crippen LogP contribution in [0.15, 0.2) is 48.1 Å². The maximum absolute atomic E-state index is 6.16. The van der Waals surface area contributed by atoms with Gasteiger partial charge in [0.05, 0.1) is 10.2 Å². The number of nitrogens with zero attached hydrogens (tertiary/aromatic N) is 2. The predicted octanol–water partition coefficient (Wildman–Crippen LogP) is 2.80. The van der Waals surface area contributed by atoms with Gasteiger partial charge in [0.1, 0.15) is 12.1 Å². The molecule has 2 heterocycles. The fourth-order valence-corrected chi connectivity index (χ4v) is 2.75. The standard InChI is InChI=1S/C14H14N4S/c15-11(10-4-2-1-3-5-10)8-16-14-13-12(6-7-19-13)17-9-18-14/h1-7,9,11H,8,15H2,(H,16,17,18). The lowest BCUT2D eigenvalue weighted by molar-refractivity contribution is 0.762. The topological polar surface area (TPSA) is 63.8 Å². The van der Waals surface area contributed by atoms with Gasteiger partial charge in [-0.3, -0.25) is 0 Å². The van der Waals surface area contributed by atoms with Crippen molar-refractivity contribution in [1.29, 1.82) is 0 Å². The van der Waals surface area contributed by atoms with Gasteiger partial charge in [0.15, 0.2) is 0 Å². The molecule has 19 heavy (non-hydrogen) atoms. The minimum absolute atomic E-state index is 0.0498. The van der Waals surface area contributed by atoms with Gasteiger partial charge in [0.25, 0.3) is 0 Å². The van der Waals surface area contributed by atoms with Crippen LogP contribution in [0.1, 0.15) is 11.6 Å². The van der Waals surface area contributed by atoms with E-state index in [0.29, 0.717) is 6.54 Å². The quantitative estimate of drug-likeness (QED) is 0.765. The molecule has 2 aromatic heterocycles. The van der Waals surface area contributed by atoms with Crippen molar-refractivity contribution >= 4 is 27.4 Å². The van der Waals surface area contributed by atoms with Crippen LogP contribution in [-0.4, -0.2) is 16.5 Å². The van der Waals surface area contributed by atoms with Crippen LogP contribution in [0.5, 0.6) is 0 Å². The monoisotopic (exact) mass is 270 g/mol. The Morgan fingerprint density at radius 1 is 1.16 bits per heavy atom. The van der Waals surface area contributed by atoms with Crippen molar-refractivity contribution < 1.29 is 0 Å². The molecule has 0 fully saturated rings. The molecule has 3 N–H and O–H groups in total. The molecule has 0 saturated heterocycles. The number of thiophene rings is 1. The third-order valence-corrected chi connectivity index (χ3v) is 3.87. The van der Waals surface area contributed by atoms with Crippen molar-refractivity contribution in [3.05, 3.63) is 53.7 Å². The van der Waals surface area contributed by atoms with Crippen LogP contribution in [0.4, 0.5) is 5.82 Å². The van der Waals surface area contributed by atoms with Gasteiger partial charge in [-0.2, -0.15) is 0 Å². The predicted molar refractivity (Wildman–Crippen MR) is 79.3 cm³/mol. The SMILES string of the molecule is NC(CNc1ncnc2ccsc12)c1ccccc1. The van der Waals surface area contributed by atoms with E-state index in [0.717, 1.165) is 21.6 Å². The summed E-state index contributed by atoms with van der Waals surface area (Å²) in [6.45, 7) is 0.647. The van der Waals surface area contributed by atoms with Crippen LogP contribution in [0, 0.1) is 0 Å². The fraction of sp³-hybridized carbons (Fsp3) is 0.143. The molecule has 0 aliphatic heterocycles. The second kappa shape index (κ2) is 5.34. The third kappa shape index (κ3) is 2.57. The zero-order valence-corrected chi connectivity index (χ0v) is 11.1. The highest BCUT2D eigenvalue weighted by Crippen LogP contribution is 2.25. The van der Waals surface area contributed by atoms with Crippen LogP contribution < -0.4 is 11.1 Å². The molecule has 0 aliphatic carbocycles. The van der Waals surface area contributed by atoms with Crippen LogP contribution in [0.3, 0.4) is 0 Å². The third-order valence-electron chi connectivity index (χ3n) is 2.96. The Labute approximate surface area is 115 Å². The maximum atomic E-state index is 6.16. The molecule has 0 saturated carbocycles. The van der Waals surface area contributed by atoms with Gasteiger partial charge < -0.3 is 11.1 Å². The molecule has 1 aromatic carbocycles. The number of aromatic nitrogens is 2. The van der Waals surface area contributed by atoms with E-state index in [4.69, 9.17) is 5.73 Å². The van der Waals surface area contributed by atoms with Crippen molar-refractivity contribution in [2.45, 2.75) is 6.04 Å². The van der Waals surface area contributed by atoms with Gasteiger partial charge in [-0.05, 0) is 17.0 Å². The first kappa shape index (κ1) is 12.1. The Hall–Kier alpha value is -1.98. The first-order valence-corrected chi connectivity index (χ1v) is 6.95. The number of hydrogen-bond acceptors (Lipinski definition) is 5. The van der Waals surface area contributed by atoms with Crippen LogP contribution in [0.2, 0.25) is 0 Å². The van der Waals surface area contributed by atoms with Gasteiger partial charge in [-0.15, -0.1) is 11.3 Å². The van der Waals surface area contributed by atoms with Crippen molar-refractivity contribution in [1.82, 2.24) is 9.97 Å². The summed E-state index contributed by atoms with van der Waals surface area (Å²) in [5.74, 6) is 0.853. The van der Waals surface area contributed by atoms with Crippen LogP contribution >= 0.6 is 11.3 Å². The molecule has 1 unspecified atom stereocenters. The van der Waals surface area contributed by atoms with Gasteiger partial charge in [0, 0.05) is 12.6 Å². The number of benzene rings is 1. The number of hydrogen-bond donors (Lipinski definition) is 2. The average Bonchev–Trinajstić information content (AvgIpc) is 2.94. The summed E-state index contributed by atoms with van der Waals surface area (Å²) in [6.07, 6.45) is 1.57. The first-order valence-electron chi connectivity index (χ1n) is 6.07. The molecule has 0 radical (unpaired) electrons. The molecule has 1 atom stereocenters. The molecule has 0 spiro atoms. The van der Waals surface area contributed by atoms with Gasteiger partial charge >= 0.3 is 0 Å². The van der Waals surface area contributed by atoms with E-state index in [9.17, 15) is 0 Å². The highest BCUT2D eigenvalue weighted by molar-refractivity contribution is 7.17. The fourth-order valence-electron chi connectivity index (χ4n) is 1.94. The Kier molecular flexibility index (Phi) is 3.39. The Bertz CT molecular complexity index is 665. The average molecular weight is 270 g/mol. The van der Waals surface area contributed by atoms with Crippen LogP contribution in [0.25, 0.3) is 10.2 Å². The Morgan fingerprint density at radius 2 is 2.00 bits per heavy atom. The van der Waals surface area contributed by atoms with Crippen molar-refractivity contribution in [2.24, 2.45) is 5.73 Å². The molecule has 96 valence electrons. The summed E-state index contributed by atoms with van der Waals surface area (Å²) in [5, 5.41) is 5.32. The maximum Gasteiger partial charge on any atom is 0.147 e. The summed E-state index contributed by atoms with van der Waals surface area (Å²) < 4.78 is 1.07. The molecule has 0 bridgehead atoms. The zero-order valence-electron chi connectivity index (χ0n) is 10.3. The Morgan fingerprint density at radius 3 is 2.84 bits per heavy atom. The molecular formula is C14H14N4S. The molecule has 3 rings (SSSR count). The normalized spacial score (nSPS) is 12.5. The van der Waals surface area contributed by atoms with E-state index < -0.39 is 0 Å². The van der Waals surface area contributed by atoms with Gasteiger partial charge in [-0.25, -0.2) is 9.97 Å². The van der Waals surface area contributed by atoms with E-state index >= 15 is 0 Å². The number of nitrogens with two attached hydrogens (primary N) is 1. The minimum Gasteiger partial charge on any atom is -0.367 e. The molecular weight excluding hydrogens is 256 g/mol. The largest absolute Gasteiger partial charge is 0.367 e. The summed E-state index contributed by atoms with van der Waals surface area (Å²) in [6, 6.07) is 12.0. The number of nitrogens with one attached hydrogen (secondary N) is 1. The van der Waals surface area contributed by atoms with E-state index in [-0.39, 0.29) is 6.04 Å². The second-order valence-corrected chi connectivity index (χ2v) is 5.17. The first-order chi connectivity index (χ1) is 9.34. The minimum atomic E-state index is -0.0498. The van der Waals surface area contributed by atoms with Gasteiger partial charge in [-0.1, -0.05) is 30.3 Å². The van der Waals surface area contributed by atoms with E-state index in [2.05, 4.69) is 15.3 Å². The summed E-state index contributed by atoms with van der Waals surface area (Å²) >= 11 is 1.63. The Balaban J connectivity index is 1.74. The van der Waals surface area contributed by atoms with E-state index in [1.807, 2.05) is 41.8 Å². The lowest BCUT2D eigenvalue weighted by Gasteiger charge is -2.13. The molecule has 0 aliphatic rings. The van der Waals surface area contributed by atoms with Crippen LogP contribution in [-0.2, 0) is 0 Å². The van der Waals surface area contributed by atoms with Crippen molar-refractivity contribution in [3.63, 3.8) is 0 Å². The zero-order chi connectivity index (χ0) is 13.1. The number of rotatable bonds is 4. The summed E-state index contributed by atoms with van der Waals surface area (Å²) in [5.41, 5.74) is 8.25. The lowest BCUT2D eigenvalue weighted by Crippen LogP contribution is -2.20. The number of anilines is 1. The molecule has 4 nitrogen and oxygen atoms in total. The molecule has 5 heteroatoms.